The van der Waals surface area contributed by atoms with E-state index in [2.05, 4.69) is 44.4 Å². The van der Waals surface area contributed by atoms with Gasteiger partial charge in [0.25, 0.3) is 0 Å². The van der Waals surface area contributed by atoms with Crippen LogP contribution in [-0.2, 0) is 13.1 Å². The lowest BCUT2D eigenvalue weighted by Gasteiger charge is -2.17. The summed E-state index contributed by atoms with van der Waals surface area (Å²) in [7, 11) is 1.97. The normalized spacial score (nSPS) is 11.7. The van der Waals surface area contributed by atoms with Gasteiger partial charge in [0.15, 0.2) is 0 Å². The summed E-state index contributed by atoms with van der Waals surface area (Å²) in [5, 5.41) is 0. The Balaban J connectivity index is 1.93. The summed E-state index contributed by atoms with van der Waals surface area (Å²) in [5.41, 5.74) is 2.13. The molecule has 2 aromatic rings. The van der Waals surface area contributed by atoms with Gasteiger partial charge in [-0.25, -0.2) is 0 Å². The Kier molecular flexibility index (Phi) is 5.69. The standard InChI is InChI=1S/C16H15F3INO/c1-21(11-13-3-2-4-14(20)9-13)10-12-5-7-15(8-6-12)22-16(17,18)19/h2-9H,10-11H2,1H3. The molecule has 0 aliphatic heterocycles. The maximum atomic E-state index is 12.1. The first-order valence-electron chi connectivity index (χ1n) is 6.59. The van der Waals surface area contributed by atoms with Crippen molar-refractivity contribution < 1.29 is 17.9 Å². The fourth-order valence-corrected chi connectivity index (χ4v) is 2.72. The molecule has 0 aromatic heterocycles. The van der Waals surface area contributed by atoms with Crippen LogP contribution in [-0.4, -0.2) is 18.3 Å². The lowest BCUT2D eigenvalue weighted by Crippen LogP contribution is -2.18. The molecule has 2 aromatic carbocycles. The number of rotatable bonds is 5. The number of benzene rings is 2. The highest BCUT2D eigenvalue weighted by Gasteiger charge is 2.30. The Bertz CT molecular complexity index is 614. The third-order valence-electron chi connectivity index (χ3n) is 2.95. The van der Waals surface area contributed by atoms with E-state index in [-0.39, 0.29) is 5.75 Å². The van der Waals surface area contributed by atoms with Crippen molar-refractivity contribution in [2.45, 2.75) is 19.5 Å². The van der Waals surface area contributed by atoms with E-state index in [1.54, 1.807) is 12.1 Å². The first kappa shape index (κ1) is 17.1. The monoisotopic (exact) mass is 421 g/mol. The Hall–Kier alpha value is -1.28. The molecule has 0 aliphatic rings. The first-order valence-corrected chi connectivity index (χ1v) is 7.67. The average molecular weight is 421 g/mol. The van der Waals surface area contributed by atoms with Crippen LogP contribution in [0.5, 0.6) is 5.75 Å². The van der Waals surface area contributed by atoms with Gasteiger partial charge in [0.1, 0.15) is 5.75 Å². The topological polar surface area (TPSA) is 12.5 Å². The maximum absolute atomic E-state index is 12.1. The van der Waals surface area contributed by atoms with E-state index in [9.17, 15) is 13.2 Å². The fraction of sp³-hybridized carbons (Fsp3) is 0.250. The van der Waals surface area contributed by atoms with Crippen LogP contribution < -0.4 is 4.74 Å². The van der Waals surface area contributed by atoms with Gasteiger partial charge in [-0.05, 0) is 65.0 Å². The number of halogens is 4. The largest absolute Gasteiger partial charge is 0.573 e. The van der Waals surface area contributed by atoms with Gasteiger partial charge in [-0.15, -0.1) is 13.2 Å². The van der Waals surface area contributed by atoms with Crippen LogP contribution in [0.3, 0.4) is 0 Å². The van der Waals surface area contributed by atoms with Gasteiger partial charge in [-0.2, -0.15) is 0 Å². The van der Waals surface area contributed by atoms with Gasteiger partial charge in [0.05, 0.1) is 0 Å². The van der Waals surface area contributed by atoms with E-state index in [0.717, 1.165) is 12.1 Å². The van der Waals surface area contributed by atoms with Crippen LogP contribution in [0.15, 0.2) is 48.5 Å². The minimum absolute atomic E-state index is 0.198. The summed E-state index contributed by atoms with van der Waals surface area (Å²) in [6.07, 6.45) is -4.65. The number of hydrogen-bond donors (Lipinski definition) is 0. The van der Waals surface area contributed by atoms with Gasteiger partial charge in [-0.3, -0.25) is 4.90 Å². The van der Waals surface area contributed by atoms with Crippen molar-refractivity contribution in [2.75, 3.05) is 7.05 Å². The predicted octanol–water partition coefficient (Wildman–Crippen LogP) is 4.82. The third-order valence-corrected chi connectivity index (χ3v) is 3.62. The molecule has 0 saturated heterocycles. The zero-order chi connectivity index (χ0) is 16.2. The molecule has 0 aliphatic carbocycles. The van der Waals surface area contributed by atoms with Crippen molar-refractivity contribution in [3.05, 3.63) is 63.2 Å². The van der Waals surface area contributed by atoms with Crippen molar-refractivity contribution in [2.24, 2.45) is 0 Å². The van der Waals surface area contributed by atoms with E-state index in [1.165, 1.54) is 21.3 Å². The van der Waals surface area contributed by atoms with E-state index in [1.807, 2.05) is 19.2 Å². The molecule has 0 fully saturated rings. The van der Waals surface area contributed by atoms with Gasteiger partial charge in [-0.1, -0.05) is 24.3 Å². The summed E-state index contributed by atoms with van der Waals surface area (Å²) in [5.74, 6) is -0.198. The molecule has 0 heterocycles. The second kappa shape index (κ2) is 7.32. The zero-order valence-corrected chi connectivity index (χ0v) is 14.1. The molecular formula is C16H15F3INO. The van der Waals surface area contributed by atoms with Crippen LogP contribution in [0.25, 0.3) is 0 Å². The quantitative estimate of drug-likeness (QED) is 0.642. The van der Waals surface area contributed by atoms with Crippen LogP contribution in [0.4, 0.5) is 13.2 Å². The summed E-state index contributed by atoms with van der Waals surface area (Å²) < 4.78 is 41.3. The van der Waals surface area contributed by atoms with Gasteiger partial charge in [0, 0.05) is 16.7 Å². The fourth-order valence-electron chi connectivity index (χ4n) is 2.11. The molecule has 0 atom stereocenters. The molecule has 0 spiro atoms. The van der Waals surface area contributed by atoms with Crippen molar-refractivity contribution >= 4 is 22.6 Å². The van der Waals surface area contributed by atoms with Gasteiger partial charge < -0.3 is 4.74 Å². The Morgan fingerprint density at radius 3 is 2.23 bits per heavy atom. The lowest BCUT2D eigenvalue weighted by atomic mass is 10.2. The van der Waals surface area contributed by atoms with E-state index in [0.29, 0.717) is 6.54 Å². The predicted molar refractivity (Wildman–Crippen MR) is 87.5 cm³/mol. The second-order valence-corrected chi connectivity index (χ2v) is 6.24. The molecule has 0 bridgehead atoms. The Morgan fingerprint density at radius 2 is 1.64 bits per heavy atom. The van der Waals surface area contributed by atoms with E-state index < -0.39 is 6.36 Å². The van der Waals surface area contributed by atoms with Crippen molar-refractivity contribution in [1.82, 2.24) is 4.90 Å². The summed E-state index contributed by atoms with van der Waals surface area (Å²) >= 11 is 2.27. The second-order valence-electron chi connectivity index (χ2n) is 4.99. The Morgan fingerprint density at radius 1 is 1.00 bits per heavy atom. The number of hydrogen-bond acceptors (Lipinski definition) is 2. The van der Waals surface area contributed by atoms with Crippen LogP contribution in [0, 0.1) is 3.57 Å². The number of alkyl halides is 3. The zero-order valence-electron chi connectivity index (χ0n) is 11.9. The van der Waals surface area contributed by atoms with E-state index >= 15 is 0 Å². The molecule has 0 amide bonds. The molecular weight excluding hydrogens is 406 g/mol. The van der Waals surface area contributed by atoms with Crippen LogP contribution >= 0.6 is 22.6 Å². The lowest BCUT2D eigenvalue weighted by molar-refractivity contribution is -0.274. The SMILES string of the molecule is CN(Cc1ccc(OC(F)(F)F)cc1)Cc1cccc(I)c1. The highest BCUT2D eigenvalue weighted by molar-refractivity contribution is 14.1. The molecule has 6 heteroatoms. The summed E-state index contributed by atoms with van der Waals surface area (Å²) in [4.78, 5) is 2.10. The highest BCUT2D eigenvalue weighted by Crippen LogP contribution is 2.23. The molecule has 118 valence electrons. The smallest absolute Gasteiger partial charge is 0.406 e. The van der Waals surface area contributed by atoms with E-state index in [4.69, 9.17) is 0 Å². The molecule has 0 saturated carbocycles. The molecule has 22 heavy (non-hydrogen) atoms. The molecule has 0 unspecified atom stereocenters. The Labute approximate surface area is 141 Å². The maximum Gasteiger partial charge on any atom is 0.573 e. The van der Waals surface area contributed by atoms with Gasteiger partial charge >= 0.3 is 6.36 Å². The minimum Gasteiger partial charge on any atom is -0.406 e. The average Bonchev–Trinajstić information content (AvgIpc) is 2.39. The van der Waals surface area contributed by atoms with Gasteiger partial charge in [0.2, 0.25) is 0 Å². The van der Waals surface area contributed by atoms with Crippen molar-refractivity contribution in [1.29, 1.82) is 0 Å². The minimum atomic E-state index is -4.65. The first-order chi connectivity index (χ1) is 10.3. The van der Waals surface area contributed by atoms with Crippen molar-refractivity contribution in [3.8, 4) is 5.75 Å². The molecule has 0 N–H and O–H groups in total. The molecule has 2 nitrogen and oxygen atoms in total. The summed E-state index contributed by atoms with van der Waals surface area (Å²) in [6, 6.07) is 14.2. The molecule has 2 rings (SSSR count). The highest BCUT2D eigenvalue weighted by atomic mass is 127. The number of ether oxygens (including phenoxy) is 1. The van der Waals surface area contributed by atoms with Crippen LogP contribution in [0.2, 0.25) is 0 Å². The van der Waals surface area contributed by atoms with Crippen molar-refractivity contribution in [3.63, 3.8) is 0 Å². The molecule has 0 radical (unpaired) electrons. The summed E-state index contributed by atoms with van der Waals surface area (Å²) in [6.45, 7) is 1.43. The third kappa shape index (κ3) is 5.84. The van der Waals surface area contributed by atoms with Crippen LogP contribution in [0.1, 0.15) is 11.1 Å². The number of nitrogens with zero attached hydrogens (tertiary/aromatic N) is 1.